The molecule has 26 heavy (non-hydrogen) atoms. The number of benzene rings is 1. The first-order chi connectivity index (χ1) is 12.4. The van der Waals surface area contributed by atoms with E-state index in [1.165, 1.54) is 11.4 Å². The van der Waals surface area contributed by atoms with Crippen molar-refractivity contribution in [3.05, 3.63) is 40.4 Å². The lowest BCUT2D eigenvalue weighted by molar-refractivity contribution is -0.115. The van der Waals surface area contributed by atoms with Gasteiger partial charge in [-0.3, -0.25) is 4.79 Å². The molecule has 1 aromatic heterocycles. The van der Waals surface area contributed by atoms with Crippen LogP contribution in [0.5, 0.6) is 5.75 Å². The third-order valence-electron chi connectivity index (χ3n) is 3.75. The number of nitrogen functional groups attached to an aromatic ring is 1. The number of aromatic carboxylic acids is 1. The number of amides is 1. The van der Waals surface area contributed by atoms with Crippen molar-refractivity contribution in [1.82, 2.24) is 10.3 Å². The summed E-state index contributed by atoms with van der Waals surface area (Å²) in [5.41, 5.74) is 5.66. The Kier molecular flexibility index (Phi) is 4.78. The summed E-state index contributed by atoms with van der Waals surface area (Å²) >= 11 is 1.07. The lowest BCUT2D eigenvalue weighted by Crippen LogP contribution is -2.54. The number of carbonyl (C=O) groups is 2. The molecule has 6 N–H and O–H groups in total. The van der Waals surface area contributed by atoms with Crippen LogP contribution >= 0.6 is 11.3 Å². The maximum Gasteiger partial charge on any atom is 0.547 e. The summed E-state index contributed by atoms with van der Waals surface area (Å²) in [6.07, 6.45) is 0.126. The van der Waals surface area contributed by atoms with Crippen molar-refractivity contribution in [1.29, 1.82) is 0 Å². The molecule has 1 aromatic carbocycles. The van der Waals surface area contributed by atoms with Crippen LogP contribution in [0.15, 0.2) is 28.7 Å². The van der Waals surface area contributed by atoms with Crippen molar-refractivity contribution >= 4 is 41.2 Å². The molecule has 1 amide bonds. The van der Waals surface area contributed by atoms with Gasteiger partial charge in [-0.2, -0.15) is 0 Å². The van der Waals surface area contributed by atoms with Gasteiger partial charge in [0.2, 0.25) is 0 Å². The zero-order valence-corrected chi connectivity index (χ0v) is 13.9. The van der Waals surface area contributed by atoms with Crippen LogP contribution < -0.4 is 15.7 Å². The summed E-state index contributed by atoms with van der Waals surface area (Å²) in [4.78, 5) is 27.4. The van der Waals surface area contributed by atoms with Crippen LogP contribution in [0.4, 0.5) is 5.13 Å². The van der Waals surface area contributed by atoms with Crippen LogP contribution in [-0.4, -0.2) is 51.0 Å². The van der Waals surface area contributed by atoms with Crippen LogP contribution in [0.25, 0.3) is 0 Å². The first-order valence-corrected chi connectivity index (χ1v) is 8.23. The van der Waals surface area contributed by atoms with Gasteiger partial charge in [-0.25, -0.2) is 9.78 Å². The molecule has 0 unspecified atom stereocenters. The smallest absolute Gasteiger partial charge is 0.534 e. The number of carboxylic acid groups (broad SMARTS) is 1. The van der Waals surface area contributed by atoms with E-state index in [4.69, 9.17) is 15.6 Å². The van der Waals surface area contributed by atoms with Gasteiger partial charge in [0.15, 0.2) is 10.8 Å². The molecule has 2 aromatic rings. The SMILES string of the molecule is N[14c]1nc(/C(=N/O)C(=O)N[C@H]2Cc3cccc(C(=O)O)c3OB2O)cs1. The fourth-order valence-corrected chi connectivity index (χ4v) is 3.11. The highest BCUT2D eigenvalue weighted by Gasteiger charge is 2.38. The predicted molar refractivity (Wildman–Crippen MR) is 92.5 cm³/mol. The maximum atomic E-state index is 12.3. The number of rotatable bonds is 4. The third kappa shape index (κ3) is 3.32. The summed E-state index contributed by atoms with van der Waals surface area (Å²) in [7, 11) is -1.48. The molecule has 0 radical (unpaired) electrons. The fourth-order valence-electron chi connectivity index (χ4n) is 2.56. The van der Waals surface area contributed by atoms with E-state index in [1.807, 2.05) is 0 Å². The molecule has 0 saturated heterocycles. The van der Waals surface area contributed by atoms with Gasteiger partial charge in [0.25, 0.3) is 5.91 Å². The number of nitrogens with zero attached hydrogens (tertiary/aromatic N) is 2. The Morgan fingerprint density at radius 3 is 2.88 bits per heavy atom. The first kappa shape index (κ1) is 17.7. The Morgan fingerprint density at radius 1 is 1.50 bits per heavy atom. The molecule has 0 spiro atoms. The van der Waals surface area contributed by atoms with E-state index >= 15 is 0 Å². The number of hydrogen-bond acceptors (Lipinski definition) is 9. The molecular formula is C14H13BN4O6S. The van der Waals surface area contributed by atoms with Gasteiger partial charge in [-0.15, -0.1) is 11.3 Å². The highest BCUT2D eigenvalue weighted by molar-refractivity contribution is 7.13. The largest absolute Gasteiger partial charge is 0.547 e. The molecule has 2 heterocycles. The Morgan fingerprint density at radius 2 is 2.27 bits per heavy atom. The number of aromatic nitrogens is 1. The van der Waals surface area contributed by atoms with E-state index in [0.717, 1.165) is 11.3 Å². The number of fused-ring (bicyclic) bond motifs is 1. The van der Waals surface area contributed by atoms with E-state index < -0.39 is 24.9 Å². The van der Waals surface area contributed by atoms with Crippen molar-refractivity contribution in [2.45, 2.75) is 12.4 Å². The molecule has 0 saturated carbocycles. The van der Waals surface area contributed by atoms with Crippen LogP contribution in [0.2, 0.25) is 0 Å². The number of carbonyl (C=O) groups excluding carboxylic acids is 1. The fraction of sp³-hybridized carbons (Fsp3) is 0.143. The van der Waals surface area contributed by atoms with Gasteiger partial charge >= 0.3 is 13.1 Å². The summed E-state index contributed by atoms with van der Waals surface area (Å²) in [5.74, 6) is -2.80. The number of nitrogens with one attached hydrogen (secondary N) is 1. The van der Waals surface area contributed by atoms with Crippen molar-refractivity contribution in [2.24, 2.45) is 5.16 Å². The van der Waals surface area contributed by atoms with E-state index in [0.29, 0.717) is 5.56 Å². The summed E-state index contributed by atoms with van der Waals surface area (Å²) in [6, 6.07) is 4.53. The third-order valence-corrected chi connectivity index (χ3v) is 4.42. The second-order valence-electron chi connectivity index (χ2n) is 5.41. The Balaban J connectivity index is 1.80. The molecule has 1 atom stereocenters. The molecule has 134 valence electrons. The lowest BCUT2D eigenvalue weighted by atomic mass is 9.72. The molecule has 10 nitrogen and oxygen atoms in total. The molecule has 0 bridgehead atoms. The Bertz CT molecular complexity index is 901. The molecule has 1 aliphatic heterocycles. The van der Waals surface area contributed by atoms with E-state index in [-0.39, 0.29) is 34.3 Å². The number of anilines is 1. The van der Waals surface area contributed by atoms with Gasteiger partial charge in [0, 0.05) is 5.38 Å². The Hall–Kier alpha value is -3.12. The molecule has 1 aliphatic rings. The average Bonchev–Trinajstić information content (AvgIpc) is 3.01. The number of oxime groups is 1. The Labute approximate surface area is 151 Å². The van der Waals surface area contributed by atoms with E-state index in [9.17, 15) is 19.7 Å². The summed E-state index contributed by atoms with van der Waals surface area (Å²) in [6.45, 7) is 0. The molecule has 0 aliphatic carbocycles. The minimum atomic E-state index is -1.48. The van der Waals surface area contributed by atoms with Gasteiger partial charge < -0.3 is 31.0 Å². The lowest BCUT2D eigenvalue weighted by Gasteiger charge is -2.28. The molecular weight excluding hydrogens is 365 g/mol. The number of carboxylic acids is 1. The van der Waals surface area contributed by atoms with Crippen LogP contribution in [0.1, 0.15) is 21.6 Å². The number of hydrogen-bond donors (Lipinski definition) is 5. The standard InChI is InChI=1S/C14H13BN4O6S/c16-14-17-8(5-26-14)10(19-24)12(20)18-9-4-6-2-1-3-7(13(21)22)11(6)25-15(9)23/h1-3,5,9,23-24H,4H2,(H2,16,17)(H,18,20)(H,21,22)/b19-10-/t9-/m0/s1/i14+2. The molecule has 3 rings (SSSR count). The summed E-state index contributed by atoms with van der Waals surface area (Å²) < 4.78 is 5.29. The number of para-hydroxylation sites is 1. The van der Waals surface area contributed by atoms with Crippen LogP contribution in [0.3, 0.4) is 0 Å². The van der Waals surface area contributed by atoms with Gasteiger partial charge in [-0.1, -0.05) is 17.3 Å². The minimum absolute atomic E-state index is 0.0568. The molecule has 0 fully saturated rings. The quantitative estimate of drug-likeness (QED) is 0.210. The second-order valence-corrected chi connectivity index (χ2v) is 6.30. The first-order valence-electron chi connectivity index (χ1n) is 7.35. The normalized spacial score (nSPS) is 16.6. The topological polar surface area (TPSA) is 167 Å². The zero-order chi connectivity index (χ0) is 18.8. The predicted octanol–water partition coefficient (Wildman–Crippen LogP) is -0.259. The monoisotopic (exact) mass is 378 g/mol. The summed E-state index contributed by atoms with van der Waals surface area (Å²) in [5, 5.41) is 35.5. The number of thiazole rings is 1. The van der Waals surface area contributed by atoms with Gasteiger partial charge in [0.05, 0.1) is 11.5 Å². The molecule has 12 heteroatoms. The highest BCUT2D eigenvalue weighted by atomic mass is 32.1. The van der Waals surface area contributed by atoms with Crippen LogP contribution in [0, 0.1) is 0 Å². The zero-order valence-electron chi connectivity index (χ0n) is 13.1. The minimum Gasteiger partial charge on any atom is -0.534 e. The average molecular weight is 378 g/mol. The van der Waals surface area contributed by atoms with Crippen molar-refractivity contribution in [3.8, 4) is 5.75 Å². The van der Waals surface area contributed by atoms with E-state index in [1.54, 1.807) is 12.1 Å². The second kappa shape index (κ2) is 7.02. The van der Waals surface area contributed by atoms with Crippen LogP contribution in [-0.2, 0) is 11.2 Å². The van der Waals surface area contributed by atoms with Gasteiger partial charge in [-0.05, 0) is 18.1 Å². The highest BCUT2D eigenvalue weighted by Crippen LogP contribution is 2.30. The van der Waals surface area contributed by atoms with Crippen molar-refractivity contribution in [2.75, 3.05) is 5.73 Å². The number of nitrogens with two attached hydrogens (primary N) is 1. The van der Waals surface area contributed by atoms with E-state index in [2.05, 4.69) is 15.5 Å². The van der Waals surface area contributed by atoms with Crippen molar-refractivity contribution < 1.29 is 29.6 Å². The maximum absolute atomic E-state index is 12.3. The van der Waals surface area contributed by atoms with Crippen molar-refractivity contribution in [3.63, 3.8) is 0 Å². The van der Waals surface area contributed by atoms with Gasteiger partial charge in [0.1, 0.15) is 11.4 Å².